The molecule has 7 heteroatoms. The molecule has 2 N–H and O–H groups in total. The fourth-order valence-electron chi connectivity index (χ4n) is 2.29. The van der Waals surface area contributed by atoms with Gasteiger partial charge in [-0.25, -0.2) is 9.79 Å². The van der Waals surface area contributed by atoms with Crippen LogP contribution in [0.1, 0.15) is 11.1 Å². The van der Waals surface area contributed by atoms with Gasteiger partial charge in [0, 0.05) is 11.4 Å². The summed E-state index contributed by atoms with van der Waals surface area (Å²) in [5.74, 6) is 0.322. The summed E-state index contributed by atoms with van der Waals surface area (Å²) in [6, 6.07) is 7.07. The van der Waals surface area contributed by atoms with Gasteiger partial charge in [0.05, 0.1) is 24.4 Å². The molecule has 1 aliphatic heterocycles. The van der Waals surface area contributed by atoms with Crippen molar-refractivity contribution in [3.8, 4) is 0 Å². The molecule has 3 rings (SSSR count). The number of nitrogens with one attached hydrogen (secondary N) is 1. The standard InChI is InChI=1S/C14H12ClN3O3/c15-9-3-1-8(2-4-9)6-18-12-11(5-10(7-19)16-12)13(20)17-14(18)21/h1-4,19H,5-7H2,(H,17,20,21). The van der Waals surface area contributed by atoms with E-state index in [0.717, 1.165) is 5.56 Å². The van der Waals surface area contributed by atoms with Crippen molar-refractivity contribution in [2.45, 2.75) is 13.0 Å². The predicted octanol–water partition coefficient (Wildman–Crippen LogP) is 0.859. The van der Waals surface area contributed by atoms with Gasteiger partial charge in [0.25, 0.3) is 5.56 Å². The molecule has 0 amide bonds. The van der Waals surface area contributed by atoms with Crippen molar-refractivity contribution in [3.05, 3.63) is 61.3 Å². The van der Waals surface area contributed by atoms with Crippen LogP contribution < -0.4 is 11.2 Å². The van der Waals surface area contributed by atoms with Gasteiger partial charge in [-0.15, -0.1) is 0 Å². The van der Waals surface area contributed by atoms with E-state index in [1.165, 1.54) is 4.57 Å². The Kier molecular flexibility index (Phi) is 3.48. The summed E-state index contributed by atoms with van der Waals surface area (Å²) in [4.78, 5) is 30.3. The lowest BCUT2D eigenvalue weighted by molar-refractivity contribution is 0.356. The Morgan fingerprint density at radius 3 is 2.67 bits per heavy atom. The first kappa shape index (κ1) is 13.8. The normalized spacial score (nSPS) is 13.1. The van der Waals surface area contributed by atoms with Crippen LogP contribution in [-0.4, -0.2) is 27.0 Å². The molecule has 1 aromatic heterocycles. The van der Waals surface area contributed by atoms with E-state index in [9.17, 15) is 9.59 Å². The SMILES string of the molecule is O=c1[nH]c(=O)n(Cc2ccc(Cl)cc2)c2c1CC(CO)=N2. The molecule has 0 saturated carbocycles. The second-order valence-corrected chi connectivity index (χ2v) is 5.22. The summed E-state index contributed by atoms with van der Waals surface area (Å²) in [6.07, 6.45) is 0.266. The van der Waals surface area contributed by atoms with Gasteiger partial charge in [-0.3, -0.25) is 14.3 Å². The topological polar surface area (TPSA) is 87.5 Å². The Hall–Kier alpha value is -2.18. The molecule has 0 bridgehead atoms. The van der Waals surface area contributed by atoms with Crippen LogP contribution in [0.2, 0.25) is 5.02 Å². The highest BCUT2D eigenvalue weighted by Crippen LogP contribution is 2.22. The number of aliphatic imine (C=N–C) groups is 1. The zero-order chi connectivity index (χ0) is 15.0. The predicted molar refractivity (Wildman–Crippen MR) is 79.8 cm³/mol. The molecule has 2 heterocycles. The van der Waals surface area contributed by atoms with E-state index in [2.05, 4.69) is 9.98 Å². The van der Waals surface area contributed by atoms with E-state index >= 15 is 0 Å². The highest BCUT2D eigenvalue weighted by Gasteiger charge is 2.22. The molecule has 0 fully saturated rings. The maximum atomic E-state index is 12.0. The zero-order valence-electron chi connectivity index (χ0n) is 11.0. The van der Waals surface area contributed by atoms with Crippen LogP contribution in [0.5, 0.6) is 0 Å². The molecule has 1 aromatic carbocycles. The van der Waals surface area contributed by atoms with Crippen molar-refractivity contribution in [2.75, 3.05) is 6.61 Å². The summed E-state index contributed by atoms with van der Waals surface area (Å²) in [5.41, 5.74) is 0.785. The van der Waals surface area contributed by atoms with E-state index in [0.29, 0.717) is 22.1 Å². The van der Waals surface area contributed by atoms with Crippen molar-refractivity contribution >= 4 is 23.1 Å². The van der Waals surface area contributed by atoms with E-state index in [1.807, 2.05) is 0 Å². The number of nitrogens with zero attached hydrogens (tertiary/aromatic N) is 2. The molecule has 0 aliphatic carbocycles. The third-order valence-corrected chi connectivity index (χ3v) is 3.60. The molecule has 0 unspecified atom stereocenters. The van der Waals surface area contributed by atoms with Gasteiger partial charge in [-0.05, 0) is 17.7 Å². The fraction of sp³-hybridized carbons (Fsp3) is 0.214. The molecular weight excluding hydrogens is 294 g/mol. The lowest BCUT2D eigenvalue weighted by Gasteiger charge is -2.09. The van der Waals surface area contributed by atoms with Gasteiger partial charge >= 0.3 is 5.69 Å². The number of H-pyrrole nitrogens is 1. The number of hydrogen-bond donors (Lipinski definition) is 2. The maximum Gasteiger partial charge on any atom is 0.330 e. The Labute approximate surface area is 124 Å². The van der Waals surface area contributed by atoms with E-state index in [1.54, 1.807) is 24.3 Å². The maximum absolute atomic E-state index is 12.0. The first-order valence-electron chi connectivity index (χ1n) is 6.36. The lowest BCUT2D eigenvalue weighted by Crippen LogP contribution is -2.32. The summed E-state index contributed by atoms with van der Waals surface area (Å²) in [6.45, 7) is 0.0422. The van der Waals surface area contributed by atoms with Crippen LogP contribution in [0.3, 0.4) is 0 Å². The molecule has 0 saturated heterocycles. The molecule has 6 nitrogen and oxygen atoms in total. The third-order valence-electron chi connectivity index (χ3n) is 3.35. The van der Waals surface area contributed by atoms with Crippen molar-refractivity contribution < 1.29 is 5.11 Å². The molecule has 1 aliphatic rings. The summed E-state index contributed by atoms with van der Waals surface area (Å²) in [5, 5.41) is 9.77. The number of benzene rings is 1. The van der Waals surface area contributed by atoms with Gasteiger partial charge in [-0.1, -0.05) is 23.7 Å². The Morgan fingerprint density at radius 1 is 1.29 bits per heavy atom. The van der Waals surface area contributed by atoms with Crippen molar-refractivity contribution in [1.82, 2.24) is 9.55 Å². The number of aliphatic hydroxyl groups is 1. The van der Waals surface area contributed by atoms with Crippen LogP contribution in [0, 0.1) is 0 Å². The number of aromatic amines is 1. The third kappa shape index (κ3) is 2.55. The second-order valence-electron chi connectivity index (χ2n) is 4.79. The van der Waals surface area contributed by atoms with Crippen LogP contribution in [0.25, 0.3) is 0 Å². The van der Waals surface area contributed by atoms with Gasteiger partial charge in [-0.2, -0.15) is 0 Å². The van der Waals surface area contributed by atoms with Crippen molar-refractivity contribution in [1.29, 1.82) is 0 Å². The molecule has 0 radical (unpaired) electrons. The summed E-state index contributed by atoms with van der Waals surface area (Å²) >= 11 is 5.83. The molecule has 21 heavy (non-hydrogen) atoms. The molecule has 2 aromatic rings. The number of aromatic nitrogens is 2. The van der Waals surface area contributed by atoms with Crippen molar-refractivity contribution in [2.24, 2.45) is 4.99 Å². The summed E-state index contributed by atoms with van der Waals surface area (Å²) in [7, 11) is 0. The van der Waals surface area contributed by atoms with Gasteiger partial charge < -0.3 is 5.11 Å². The fourth-order valence-corrected chi connectivity index (χ4v) is 2.42. The quantitative estimate of drug-likeness (QED) is 0.881. The van der Waals surface area contributed by atoms with E-state index in [4.69, 9.17) is 16.7 Å². The minimum Gasteiger partial charge on any atom is -0.390 e. The highest BCUT2D eigenvalue weighted by atomic mass is 35.5. The summed E-state index contributed by atoms with van der Waals surface area (Å²) < 4.78 is 1.39. The van der Waals surface area contributed by atoms with Gasteiger partial charge in [0.2, 0.25) is 0 Å². The van der Waals surface area contributed by atoms with Gasteiger partial charge in [0.1, 0.15) is 5.82 Å². The number of hydrogen-bond acceptors (Lipinski definition) is 4. The largest absolute Gasteiger partial charge is 0.390 e. The minimum atomic E-state index is -0.517. The number of halogens is 1. The number of aliphatic hydroxyl groups excluding tert-OH is 1. The van der Waals surface area contributed by atoms with Crippen molar-refractivity contribution in [3.63, 3.8) is 0 Å². The lowest BCUT2D eigenvalue weighted by atomic mass is 10.2. The number of fused-ring (bicyclic) bond motifs is 1. The molecule has 0 spiro atoms. The molecule has 108 valence electrons. The first-order chi connectivity index (χ1) is 10.1. The van der Waals surface area contributed by atoms with Crippen LogP contribution in [-0.2, 0) is 13.0 Å². The first-order valence-corrected chi connectivity index (χ1v) is 6.74. The highest BCUT2D eigenvalue weighted by molar-refractivity contribution is 6.30. The van der Waals surface area contributed by atoms with Crippen LogP contribution >= 0.6 is 11.6 Å². The van der Waals surface area contributed by atoms with Crippen LogP contribution in [0.4, 0.5) is 5.82 Å². The molecular formula is C14H12ClN3O3. The number of rotatable bonds is 3. The smallest absolute Gasteiger partial charge is 0.330 e. The Balaban J connectivity index is 2.09. The van der Waals surface area contributed by atoms with Gasteiger partial charge in [0.15, 0.2) is 0 Å². The Bertz CT molecular complexity index is 834. The Morgan fingerprint density at radius 2 is 2.00 bits per heavy atom. The van der Waals surface area contributed by atoms with E-state index in [-0.39, 0.29) is 19.6 Å². The second kappa shape index (κ2) is 5.31. The zero-order valence-corrected chi connectivity index (χ0v) is 11.7. The minimum absolute atomic E-state index is 0.233. The monoisotopic (exact) mass is 305 g/mol. The van der Waals surface area contributed by atoms with E-state index < -0.39 is 11.2 Å². The molecule has 0 atom stereocenters. The average molecular weight is 306 g/mol. The average Bonchev–Trinajstić information content (AvgIpc) is 2.90. The van der Waals surface area contributed by atoms with Crippen LogP contribution in [0.15, 0.2) is 38.8 Å².